The largest absolute Gasteiger partial charge is 0.496 e. The van der Waals surface area contributed by atoms with E-state index in [1.54, 1.807) is 7.11 Å². The average molecular weight is 1460 g/mol. The van der Waals surface area contributed by atoms with E-state index in [0.29, 0.717) is 0 Å². The Morgan fingerprint density at radius 1 is 0.354 bits per heavy atom. The van der Waals surface area contributed by atoms with Crippen LogP contribution in [0.1, 0.15) is 17.0 Å². The molecule has 1 aliphatic rings. The van der Waals surface area contributed by atoms with Crippen LogP contribution in [0.15, 0.2) is 387 Å². The van der Waals surface area contributed by atoms with Gasteiger partial charge in [-0.3, -0.25) is 0 Å². The van der Waals surface area contributed by atoms with Crippen LogP contribution in [-0.4, -0.2) is 38.1 Å². The summed E-state index contributed by atoms with van der Waals surface area (Å²) in [4.78, 5) is 0. The van der Waals surface area contributed by atoms with Gasteiger partial charge in [0.1, 0.15) is 11.5 Å². The fourth-order valence-electron chi connectivity index (χ4n) is 11.7. The van der Waals surface area contributed by atoms with Gasteiger partial charge in [0.05, 0.1) is 31.1 Å². The molecule has 0 bridgehead atoms. The molecule has 1 N–H and O–H groups in total. The molecule has 14 aromatic rings. The van der Waals surface area contributed by atoms with E-state index in [4.69, 9.17) is 14.0 Å². The van der Waals surface area contributed by atoms with Gasteiger partial charge in [0.2, 0.25) is 0 Å². The predicted octanol–water partition coefficient (Wildman–Crippen LogP) is 16.3. The number of nitrogens with one attached hydrogen (secondary N) is 1. The maximum atomic E-state index is 5.79. The van der Waals surface area contributed by atoms with Gasteiger partial charge in [-0.1, -0.05) is 375 Å². The number of rotatable bonds is 16. The van der Waals surface area contributed by atoms with Crippen LogP contribution >= 0.6 is 31.7 Å². The molecule has 5 nitrogen and oxygen atoms in total. The van der Waals surface area contributed by atoms with Crippen LogP contribution in [0.4, 0.5) is 0 Å². The van der Waals surface area contributed by atoms with Crippen LogP contribution in [0.25, 0.3) is 11.1 Å². The van der Waals surface area contributed by atoms with Crippen LogP contribution < -0.4 is 73.7 Å². The van der Waals surface area contributed by atoms with Gasteiger partial charge < -0.3 is 19.3 Å². The number of aromatic nitrogens is 1. The molecule has 0 unspecified atom stereocenters. The normalized spacial score (nSPS) is 12.2. The smallest absolute Gasteiger partial charge is 0.141 e. The number of hydrogen-bond acceptors (Lipinski definition) is 5. The molecule has 15 rings (SSSR count). The van der Waals surface area contributed by atoms with E-state index in [-0.39, 0.29) is 26.5 Å². The first-order valence-corrected chi connectivity index (χ1v) is 38.6. The van der Waals surface area contributed by atoms with Gasteiger partial charge in [-0.25, -0.2) is 0 Å². The van der Waals surface area contributed by atoms with Gasteiger partial charge in [0.15, 0.2) is 0 Å². The van der Waals surface area contributed by atoms with Crippen molar-refractivity contribution < 1.29 is 34.4 Å². The molecule has 99 heavy (non-hydrogen) atoms. The van der Waals surface area contributed by atoms with Gasteiger partial charge in [0, 0.05) is 39.1 Å². The van der Waals surface area contributed by atoms with E-state index in [1.165, 1.54) is 69.2 Å². The summed E-state index contributed by atoms with van der Waals surface area (Å²) in [6, 6.07) is 136. The predicted molar refractivity (Wildman–Crippen MR) is 425 cm³/mol. The molecule has 13 aromatic carbocycles. The van der Waals surface area contributed by atoms with Crippen LogP contribution in [0.2, 0.25) is 0 Å². The molecular weight excluding hydrogens is 1380 g/mol. The molecule has 0 spiro atoms. The molecule has 1 atom stereocenters. The first-order chi connectivity index (χ1) is 48.5. The molecular formula is C89H82N2O3P4Pd. The van der Waals surface area contributed by atoms with E-state index in [2.05, 4.69) is 387 Å². The van der Waals surface area contributed by atoms with E-state index >= 15 is 0 Å². The molecule has 1 aliphatic heterocycles. The maximum Gasteiger partial charge on any atom is 0.141 e. The van der Waals surface area contributed by atoms with Crippen LogP contribution in [0.5, 0.6) is 5.75 Å². The van der Waals surface area contributed by atoms with Gasteiger partial charge in [-0.15, -0.1) is 0 Å². The maximum absolute atomic E-state index is 5.79. The monoisotopic (exact) mass is 1460 g/mol. The fraction of sp³-hybridized carbons (Fsp3) is 0.0899. The first-order valence-electron chi connectivity index (χ1n) is 33.2. The minimum atomic E-state index is -0.446. The Morgan fingerprint density at radius 3 is 0.788 bits per heavy atom. The molecule has 1 aromatic heterocycles. The summed E-state index contributed by atoms with van der Waals surface area (Å²) >= 11 is 0. The second-order valence-corrected chi connectivity index (χ2v) is 31.9. The van der Waals surface area contributed by atoms with Gasteiger partial charge in [-0.05, 0) is 133 Å². The van der Waals surface area contributed by atoms with Crippen LogP contribution in [-0.2, 0) is 31.6 Å². The van der Waals surface area contributed by atoms with Crippen molar-refractivity contribution in [1.82, 2.24) is 10.5 Å². The minimum Gasteiger partial charge on any atom is -0.496 e. The van der Waals surface area contributed by atoms with Crippen molar-refractivity contribution in [3.05, 3.63) is 399 Å². The Labute approximate surface area is 605 Å². The van der Waals surface area contributed by atoms with Crippen molar-refractivity contribution in [3.8, 4) is 16.9 Å². The fourth-order valence-corrected chi connectivity index (χ4v) is 20.9. The first kappa shape index (κ1) is 72.9. The van der Waals surface area contributed by atoms with E-state index in [0.717, 1.165) is 54.4 Å². The summed E-state index contributed by atoms with van der Waals surface area (Å²) in [5, 5.41) is 24.2. The van der Waals surface area contributed by atoms with Crippen molar-refractivity contribution in [3.63, 3.8) is 0 Å². The van der Waals surface area contributed by atoms with Crippen molar-refractivity contribution in [2.75, 3.05) is 26.8 Å². The Bertz CT molecular complexity index is 3630. The van der Waals surface area contributed by atoms with Gasteiger partial charge >= 0.3 is 0 Å². The molecule has 496 valence electrons. The van der Waals surface area contributed by atoms with Crippen molar-refractivity contribution in [2.45, 2.75) is 26.4 Å². The van der Waals surface area contributed by atoms with Crippen molar-refractivity contribution in [1.29, 1.82) is 0 Å². The van der Waals surface area contributed by atoms with Crippen molar-refractivity contribution >= 4 is 95.3 Å². The third-order valence-electron chi connectivity index (χ3n) is 16.2. The van der Waals surface area contributed by atoms with Crippen molar-refractivity contribution in [2.24, 2.45) is 0 Å². The number of methoxy groups -OCH3 is 1. The SMILES string of the molecule is COc1ccc(C[C@@H]2CNCCO2)cc1-c1c(C)noc1C.[Pd].c1ccc(P(c2ccccc2)c2ccccc2)cc1.c1ccc(P(c2ccccc2)c2ccccc2)cc1.c1ccc(P(c2ccccc2)c2ccccc2)cc1.c1ccc(P(c2ccccc2)c2ccccc2)cc1. The van der Waals surface area contributed by atoms with E-state index in [9.17, 15) is 0 Å². The Balaban J connectivity index is 0.000000134. The zero-order chi connectivity index (χ0) is 67.2. The van der Waals surface area contributed by atoms with Gasteiger partial charge in [0.25, 0.3) is 0 Å². The number of aryl methyl sites for hydroxylation is 2. The van der Waals surface area contributed by atoms with E-state index < -0.39 is 31.7 Å². The molecule has 0 amide bonds. The summed E-state index contributed by atoms with van der Waals surface area (Å²) in [5.41, 5.74) is 4.15. The molecule has 10 heteroatoms. The van der Waals surface area contributed by atoms with E-state index in [1.807, 2.05) is 19.9 Å². The standard InChI is InChI=1S/4C18H15P.C17H22N2O3.Pd/c4*1-4-10-16(11-5-1)19(17-12-6-2-7-13-17)18-14-8-3-9-15-18;1-11-17(12(2)22-19-11)15-9-13(4-5-16(15)20-3)8-14-10-18-6-7-21-14;/h4*1-15H;4-5,9,14,18H,6-8,10H2,1-3H3;/t;;;;14-;/m....1./s1. The molecule has 1 fully saturated rings. The Morgan fingerprint density at radius 2 is 0.596 bits per heavy atom. The molecule has 0 aliphatic carbocycles. The second-order valence-electron chi connectivity index (χ2n) is 23.0. The topological polar surface area (TPSA) is 56.5 Å². The third-order valence-corrected chi connectivity index (χ3v) is 26.0. The summed E-state index contributed by atoms with van der Waals surface area (Å²) < 4.78 is 16.6. The van der Waals surface area contributed by atoms with Crippen LogP contribution in [0.3, 0.4) is 0 Å². The number of benzene rings is 13. The molecule has 0 radical (unpaired) electrons. The Hall–Kier alpha value is -8.83. The zero-order valence-corrected chi connectivity index (χ0v) is 61.2. The van der Waals surface area contributed by atoms with Crippen LogP contribution in [0, 0.1) is 13.8 Å². The summed E-state index contributed by atoms with van der Waals surface area (Å²) in [6.45, 7) is 6.48. The molecule has 2 heterocycles. The number of ether oxygens (including phenoxy) is 2. The zero-order valence-electron chi connectivity index (χ0n) is 56.1. The number of morpholine rings is 1. The number of nitrogens with zero attached hydrogens (tertiary/aromatic N) is 1. The minimum absolute atomic E-state index is 0. The number of hydrogen-bond donors (Lipinski definition) is 1. The third kappa shape index (κ3) is 21.1. The van der Waals surface area contributed by atoms with Gasteiger partial charge in [-0.2, -0.15) is 0 Å². The quantitative estimate of drug-likeness (QED) is 0.0772. The molecule has 1 saturated heterocycles. The second kappa shape index (κ2) is 39.7. The summed E-state index contributed by atoms with van der Waals surface area (Å²) in [6.07, 6.45) is 1.10. The average Bonchev–Trinajstić information content (AvgIpc) is 1.83. The summed E-state index contributed by atoms with van der Waals surface area (Å²) in [5.74, 6) is 1.64. The Kier molecular flexibility index (Phi) is 29.2. The molecule has 0 saturated carbocycles. The summed E-state index contributed by atoms with van der Waals surface area (Å²) in [7, 11) is -0.0986.